The smallest absolute Gasteiger partial charge is 0.338 e. The fourth-order valence-corrected chi connectivity index (χ4v) is 1.60. The average Bonchev–Trinajstić information content (AvgIpc) is 2.41. The number of rotatable bonds is 3. The van der Waals surface area contributed by atoms with Crippen molar-refractivity contribution in [1.82, 2.24) is 4.98 Å². The molecule has 5 heteroatoms. The summed E-state index contributed by atoms with van der Waals surface area (Å²) in [5.41, 5.74) is 1.66. The van der Waals surface area contributed by atoms with Crippen molar-refractivity contribution in [3.05, 3.63) is 59.4 Å². The topological polar surface area (TPSA) is 79.3 Å². The minimum absolute atomic E-state index is 0.0862. The molecule has 0 bridgehead atoms. The number of carbonyl (C=O) groups excluding carboxylic acids is 1. The Balaban J connectivity index is 2.25. The zero-order chi connectivity index (χ0) is 13.8. The maximum Gasteiger partial charge on any atom is 0.338 e. The first-order valence-electron chi connectivity index (χ1n) is 5.63. The van der Waals surface area contributed by atoms with Gasteiger partial charge in [0.25, 0.3) is 5.91 Å². The number of nitrogens with one attached hydrogen (secondary N) is 1. The molecule has 0 spiro atoms. The molecule has 0 aliphatic carbocycles. The van der Waals surface area contributed by atoms with Crippen molar-refractivity contribution in [3.8, 4) is 0 Å². The second-order valence-corrected chi connectivity index (χ2v) is 4.05. The number of nitrogens with zero attached hydrogens (tertiary/aromatic N) is 1. The van der Waals surface area contributed by atoms with E-state index in [2.05, 4.69) is 10.3 Å². The van der Waals surface area contributed by atoms with Crippen LogP contribution in [0.1, 0.15) is 26.3 Å². The van der Waals surface area contributed by atoms with Gasteiger partial charge >= 0.3 is 5.97 Å². The third-order valence-electron chi connectivity index (χ3n) is 2.61. The molecule has 1 aromatic carbocycles. The molecule has 1 heterocycles. The Morgan fingerprint density at radius 2 is 1.79 bits per heavy atom. The molecule has 1 aromatic heterocycles. The number of aryl methyl sites for hydroxylation is 1. The predicted octanol–water partition coefficient (Wildman–Crippen LogP) is 2.34. The zero-order valence-corrected chi connectivity index (χ0v) is 10.3. The number of hydrogen-bond donors (Lipinski definition) is 2. The average molecular weight is 256 g/mol. The van der Waals surface area contributed by atoms with Crippen LogP contribution in [0.3, 0.4) is 0 Å². The van der Waals surface area contributed by atoms with Gasteiger partial charge in [0.05, 0.1) is 11.1 Å². The summed E-state index contributed by atoms with van der Waals surface area (Å²) in [5, 5.41) is 11.6. The third kappa shape index (κ3) is 2.95. The van der Waals surface area contributed by atoms with Crippen LogP contribution < -0.4 is 5.32 Å². The number of pyridine rings is 1. The lowest BCUT2D eigenvalue weighted by molar-refractivity contribution is 0.0692. The Bertz CT molecular complexity index is 621. The number of carbonyl (C=O) groups is 2. The van der Waals surface area contributed by atoms with Crippen LogP contribution in [0.2, 0.25) is 0 Å². The fourth-order valence-electron chi connectivity index (χ4n) is 1.60. The maximum absolute atomic E-state index is 12.0. The van der Waals surface area contributed by atoms with E-state index in [1.54, 1.807) is 12.1 Å². The highest BCUT2D eigenvalue weighted by atomic mass is 16.4. The van der Waals surface area contributed by atoms with Crippen LogP contribution >= 0.6 is 0 Å². The van der Waals surface area contributed by atoms with E-state index in [9.17, 15) is 9.59 Å². The lowest BCUT2D eigenvalue weighted by Crippen LogP contribution is -2.16. The Kier molecular flexibility index (Phi) is 3.56. The van der Waals surface area contributed by atoms with Gasteiger partial charge in [-0.25, -0.2) is 4.79 Å². The molecule has 0 saturated carbocycles. The molecule has 0 fully saturated rings. The first kappa shape index (κ1) is 12.8. The van der Waals surface area contributed by atoms with E-state index in [1.807, 2.05) is 19.1 Å². The summed E-state index contributed by atoms with van der Waals surface area (Å²) in [6.45, 7) is 1.94. The molecular formula is C14H12N2O3. The maximum atomic E-state index is 12.0. The van der Waals surface area contributed by atoms with Gasteiger partial charge in [-0.05, 0) is 25.1 Å². The van der Waals surface area contributed by atoms with E-state index in [1.165, 1.54) is 12.3 Å². The van der Waals surface area contributed by atoms with Crippen molar-refractivity contribution in [2.75, 3.05) is 5.32 Å². The first-order chi connectivity index (χ1) is 9.08. The van der Waals surface area contributed by atoms with Gasteiger partial charge in [-0.15, -0.1) is 0 Å². The van der Waals surface area contributed by atoms with E-state index < -0.39 is 11.9 Å². The van der Waals surface area contributed by atoms with Crippen molar-refractivity contribution in [2.45, 2.75) is 6.92 Å². The second-order valence-electron chi connectivity index (χ2n) is 4.05. The molecular weight excluding hydrogens is 244 g/mol. The SMILES string of the molecule is Cc1ccc(NC(=O)c2ccncc2C(=O)O)cc1. The van der Waals surface area contributed by atoms with Crippen LogP contribution in [0.15, 0.2) is 42.7 Å². The molecule has 1 amide bonds. The Morgan fingerprint density at radius 1 is 1.11 bits per heavy atom. The van der Waals surface area contributed by atoms with Crippen LogP contribution in [-0.4, -0.2) is 22.0 Å². The number of amides is 1. The van der Waals surface area contributed by atoms with E-state index >= 15 is 0 Å². The Hall–Kier alpha value is -2.69. The van der Waals surface area contributed by atoms with E-state index in [0.717, 1.165) is 11.8 Å². The number of benzene rings is 1. The molecule has 0 unspecified atom stereocenters. The molecule has 2 rings (SSSR count). The van der Waals surface area contributed by atoms with Crippen LogP contribution in [0.5, 0.6) is 0 Å². The largest absolute Gasteiger partial charge is 0.478 e. The van der Waals surface area contributed by atoms with Crippen molar-refractivity contribution in [3.63, 3.8) is 0 Å². The van der Waals surface area contributed by atoms with Crippen LogP contribution in [0.4, 0.5) is 5.69 Å². The zero-order valence-electron chi connectivity index (χ0n) is 10.3. The highest BCUT2D eigenvalue weighted by molar-refractivity contribution is 6.10. The van der Waals surface area contributed by atoms with Gasteiger partial charge in [-0.2, -0.15) is 0 Å². The van der Waals surface area contributed by atoms with Crippen molar-refractivity contribution >= 4 is 17.6 Å². The van der Waals surface area contributed by atoms with Gasteiger partial charge in [0.15, 0.2) is 0 Å². The molecule has 2 aromatic rings. The molecule has 0 radical (unpaired) electrons. The fraction of sp³-hybridized carbons (Fsp3) is 0.0714. The molecule has 0 aliphatic heterocycles. The number of hydrogen-bond acceptors (Lipinski definition) is 3. The van der Waals surface area contributed by atoms with Gasteiger partial charge in [-0.3, -0.25) is 9.78 Å². The normalized spacial score (nSPS) is 9.95. The Morgan fingerprint density at radius 3 is 2.42 bits per heavy atom. The predicted molar refractivity (Wildman–Crippen MR) is 70.3 cm³/mol. The van der Waals surface area contributed by atoms with Gasteiger partial charge in [-0.1, -0.05) is 17.7 Å². The molecule has 5 nitrogen and oxygen atoms in total. The molecule has 19 heavy (non-hydrogen) atoms. The molecule has 2 N–H and O–H groups in total. The summed E-state index contributed by atoms with van der Waals surface area (Å²) in [7, 11) is 0. The second kappa shape index (κ2) is 5.30. The summed E-state index contributed by atoms with van der Waals surface area (Å²) in [6, 6.07) is 8.62. The van der Waals surface area contributed by atoms with Crippen molar-refractivity contribution in [2.24, 2.45) is 0 Å². The monoisotopic (exact) mass is 256 g/mol. The first-order valence-corrected chi connectivity index (χ1v) is 5.63. The number of anilines is 1. The lowest BCUT2D eigenvalue weighted by atomic mass is 10.1. The van der Waals surface area contributed by atoms with Crippen LogP contribution in [0.25, 0.3) is 0 Å². The highest BCUT2D eigenvalue weighted by Gasteiger charge is 2.16. The minimum Gasteiger partial charge on any atom is -0.478 e. The summed E-state index contributed by atoms with van der Waals surface area (Å²) in [6.07, 6.45) is 2.54. The van der Waals surface area contributed by atoms with Gasteiger partial charge in [0.2, 0.25) is 0 Å². The molecule has 0 atom stereocenters. The standard InChI is InChI=1S/C14H12N2O3/c1-9-2-4-10(5-3-9)16-13(17)11-6-7-15-8-12(11)14(18)19/h2-8H,1H3,(H,16,17)(H,18,19). The van der Waals surface area contributed by atoms with E-state index in [-0.39, 0.29) is 11.1 Å². The van der Waals surface area contributed by atoms with Gasteiger partial charge in [0.1, 0.15) is 0 Å². The van der Waals surface area contributed by atoms with Crippen LogP contribution in [0, 0.1) is 6.92 Å². The summed E-state index contributed by atoms with van der Waals surface area (Å²) >= 11 is 0. The third-order valence-corrected chi connectivity index (χ3v) is 2.61. The van der Waals surface area contributed by atoms with Crippen molar-refractivity contribution in [1.29, 1.82) is 0 Å². The summed E-state index contributed by atoms with van der Waals surface area (Å²) in [5.74, 6) is -1.65. The number of aromatic carboxylic acids is 1. The van der Waals surface area contributed by atoms with Crippen LogP contribution in [-0.2, 0) is 0 Å². The van der Waals surface area contributed by atoms with Crippen molar-refractivity contribution < 1.29 is 14.7 Å². The van der Waals surface area contributed by atoms with E-state index in [4.69, 9.17) is 5.11 Å². The molecule has 0 aliphatic rings. The number of aromatic nitrogens is 1. The summed E-state index contributed by atoms with van der Waals surface area (Å²) < 4.78 is 0. The number of carboxylic acids is 1. The van der Waals surface area contributed by atoms with Gasteiger partial charge in [0, 0.05) is 18.1 Å². The summed E-state index contributed by atoms with van der Waals surface area (Å²) in [4.78, 5) is 26.7. The molecule has 0 saturated heterocycles. The molecule has 96 valence electrons. The minimum atomic E-state index is -1.18. The number of carboxylic acid groups (broad SMARTS) is 1. The van der Waals surface area contributed by atoms with E-state index in [0.29, 0.717) is 5.69 Å². The van der Waals surface area contributed by atoms with Gasteiger partial charge < -0.3 is 10.4 Å². The lowest BCUT2D eigenvalue weighted by Gasteiger charge is -2.07. The highest BCUT2D eigenvalue weighted by Crippen LogP contribution is 2.13. The quantitative estimate of drug-likeness (QED) is 0.883. The Labute approximate surface area is 109 Å².